The average Bonchev–Trinajstić information content (AvgIpc) is 3.61. The maximum Gasteiger partial charge on any atom is 0.320 e. The second-order valence-corrected chi connectivity index (χ2v) is 10.4. The Morgan fingerprint density at radius 2 is 2.14 bits per heavy atom. The first kappa shape index (κ1) is 26.6. The van der Waals surface area contributed by atoms with Crippen molar-refractivity contribution in [1.82, 2.24) is 39.6 Å². The molecule has 6 heterocycles. The fourth-order valence-corrected chi connectivity index (χ4v) is 5.49. The molecule has 1 aromatic carbocycles. The molecule has 1 fully saturated rings. The number of pyridine rings is 1. The SMILES string of the molecule is COc1cc2c(cc1-n1nc(C(=O)NCCN3CC(=O)OC(C)C3)c3cnc(-c4cnn5cccnc45)cc31)OCCN2. The van der Waals surface area contributed by atoms with Crippen molar-refractivity contribution >= 4 is 34.1 Å². The molecule has 1 unspecified atom stereocenters. The van der Waals surface area contributed by atoms with E-state index >= 15 is 0 Å². The molecule has 2 N–H and O–H groups in total. The number of nitrogens with one attached hydrogen (secondary N) is 2. The third-order valence-corrected chi connectivity index (χ3v) is 7.43. The molecule has 2 aliphatic rings. The van der Waals surface area contributed by atoms with Crippen molar-refractivity contribution in [3.05, 3.63) is 54.7 Å². The molecule has 1 amide bonds. The van der Waals surface area contributed by atoms with E-state index in [-0.39, 0.29) is 30.2 Å². The van der Waals surface area contributed by atoms with Crippen LogP contribution in [0.1, 0.15) is 17.4 Å². The fraction of sp³-hybridized carbons (Fsp3) is 0.310. The number of carbonyl (C=O) groups is 2. The largest absolute Gasteiger partial charge is 0.494 e. The molecule has 5 aromatic rings. The summed E-state index contributed by atoms with van der Waals surface area (Å²) in [7, 11) is 1.59. The highest BCUT2D eigenvalue weighted by molar-refractivity contribution is 6.05. The van der Waals surface area contributed by atoms with Gasteiger partial charge in [-0.3, -0.25) is 19.5 Å². The Kier molecular flexibility index (Phi) is 6.74. The van der Waals surface area contributed by atoms with Gasteiger partial charge in [-0.2, -0.15) is 10.2 Å². The summed E-state index contributed by atoms with van der Waals surface area (Å²) in [5.74, 6) is 0.581. The molecule has 2 aliphatic heterocycles. The van der Waals surface area contributed by atoms with E-state index in [9.17, 15) is 9.59 Å². The van der Waals surface area contributed by atoms with Crippen molar-refractivity contribution in [3.63, 3.8) is 0 Å². The van der Waals surface area contributed by atoms with Crippen molar-refractivity contribution in [1.29, 1.82) is 0 Å². The van der Waals surface area contributed by atoms with Gasteiger partial charge in [-0.25, -0.2) is 14.2 Å². The molecule has 0 bridgehead atoms. The van der Waals surface area contributed by atoms with E-state index in [0.29, 0.717) is 72.2 Å². The number of esters is 1. The van der Waals surface area contributed by atoms with Gasteiger partial charge in [-0.05, 0) is 19.1 Å². The van der Waals surface area contributed by atoms with Crippen LogP contribution in [0.15, 0.2) is 49.1 Å². The molecule has 43 heavy (non-hydrogen) atoms. The van der Waals surface area contributed by atoms with Gasteiger partial charge in [-0.15, -0.1) is 0 Å². The lowest BCUT2D eigenvalue weighted by molar-refractivity contribution is -0.157. The number of rotatable bonds is 7. The third kappa shape index (κ3) is 4.95. The van der Waals surface area contributed by atoms with E-state index < -0.39 is 0 Å². The summed E-state index contributed by atoms with van der Waals surface area (Å²) in [4.78, 5) is 36.4. The van der Waals surface area contributed by atoms with Crippen LogP contribution in [0.5, 0.6) is 11.5 Å². The minimum absolute atomic E-state index is 0.189. The number of anilines is 1. The molecule has 0 saturated carbocycles. The minimum Gasteiger partial charge on any atom is -0.494 e. The van der Waals surface area contributed by atoms with Crippen LogP contribution in [-0.2, 0) is 9.53 Å². The standard InChI is InChI=1S/C29H29N9O5/c1-17-15-36(16-26(39)43-17)8-5-32-29(40)27-19-13-33-20(18-14-34-37-7-3-4-31-28(18)37)10-22(19)38(35-27)23-12-24-21(11-25(23)41-2)30-6-9-42-24/h3-4,7,10-14,17,30H,5-6,8-9,15-16H2,1-2H3,(H,32,40). The first-order valence-electron chi connectivity index (χ1n) is 13.9. The zero-order chi connectivity index (χ0) is 29.5. The van der Waals surface area contributed by atoms with Gasteiger partial charge < -0.3 is 24.8 Å². The molecule has 0 aliphatic carbocycles. The van der Waals surface area contributed by atoms with E-state index in [2.05, 4.69) is 25.7 Å². The zero-order valence-corrected chi connectivity index (χ0v) is 23.6. The zero-order valence-electron chi connectivity index (χ0n) is 23.6. The van der Waals surface area contributed by atoms with Gasteiger partial charge in [0.1, 0.15) is 29.9 Å². The van der Waals surface area contributed by atoms with Gasteiger partial charge in [0.25, 0.3) is 5.91 Å². The van der Waals surface area contributed by atoms with Crippen molar-refractivity contribution in [2.45, 2.75) is 13.0 Å². The maximum absolute atomic E-state index is 13.5. The quantitative estimate of drug-likeness (QED) is 0.271. The Bertz CT molecular complexity index is 1870. The number of nitrogens with zero attached hydrogens (tertiary/aromatic N) is 7. The fourth-order valence-electron chi connectivity index (χ4n) is 5.49. The second-order valence-electron chi connectivity index (χ2n) is 10.4. The molecule has 0 radical (unpaired) electrons. The Balaban J connectivity index is 1.28. The number of ether oxygens (including phenoxy) is 3. The summed E-state index contributed by atoms with van der Waals surface area (Å²) >= 11 is 0. The smallest absolute Gasteiger partial charge is 0.320 e. The summed E-state index contributed by atoms with van der Waals surface area (Å²) in [6.45, 7) is 4.69. The Labute approximate surface area is 245 Å². The molecular formula is C29H29N9O5. The molecule has 4 aromatic heterocycles. The maximum atomic E-state index is 13.5. The predicted molar refractivity (Wildman–Crippen MR) is 156 cm³/mol. The highest BCUT2D eigenvalue weighted by Gasteiger charge is 2.26. The van der Waals surface area contributed by atoms with Gasteiger partial charge in [0.05, 0.1) is 47.7 Å². The lowest BCUT2D eigenvalue weighted by atomic mass is 10.1. The number of methoxy groups -OCH3 is 1. The summed E-state index contributed by atoms with van der Waals surface area (Å²) in [6.07, 6.45) is 6.68. The summed E-state index contributed by atoms with van der Waals surface area (Å²) in [6, 6.07) is 7.38. The summed E-state index contributed by atoms with van der Waals surface area (Å²) in [5, 5.41) is 16.0. The van der Waals surface area contributed by atoms with Crippen LogP contribution in [0.4, 0.5) is 5.69 Å². The molecule has 0 spiro atoms. The van der Waals surface area contributed by atoms with Crippen LogP contribution in [0.25, 0.3) is 33.5 Å². The second kappa shape index (κ2) is 10.9. The van der Waals surface area contributed by atoms with Crippen LogP contribution in [0.3, 0.4) is 0 Å². The molecular weight excluding hydrogens is 554 g/mol. The normalized spacial score (nSPS) is 16.8. The topological polar surface area (TPSA) is 150 Å². The van der Waals surface area contributed by atoms with Gasteiger partial charge in [-0.1, -0.05) is 0 Å². The molecule has 1 saturated heterocycles. The van der Waals surface area contributed by atoms with Gasteiger partial charge >= 0.3 is 5.97 Å². The van der Waals surface area contributed by atoms with E-state index in [1.54, 1.807) is 41.0 Å². The lowest BCUT2D eigenvalue weighted by Gasteiger charge is -2.29. The number of hydrogen-bond acceptors (Lipinski definition) is 11. The third-order valence-electron chi connectivity index (χ3n) is 7.43. The minimum atomic E-state index is -0.363. The number of aromatic nitrogens is 6. The van der Waals surface area contributed by atoms with Crippen molar-refractivity contribution < 1.29 is 23.8 Å². The molecule has 14 heteroatoms. The monoisotopic (exact) mass is 583 g/mol. The number of carbonyl (C=O) groups excluding carboxylic acids is 2. The lowest BCUT2D eigenvalue weighted by Crippen LogP contribution is -2.46. The first-order valence-corrected chi connectivity index (χ1v) is 13.9. The van der Waals surface area contributed by atoms with E-state index in [1.165, 1.54) is 0 Å². The van der Waals surface area contributed by atoms with E-state index in [0.717, 1.165) is 11.3 Å². The number of benzene rings is 1. The van der Waals surface area contributed by atoms with Gasteiger partial charge in [0, 0.05) is 56.9 Å². The molecule has 220 valence electrons. The van der Waals surface area contributed by atoms with Crippen LogP contribution < -0.4 is 20.1 Å². The van der Waals surface area contributed by atoms with E-state index in [4.69, 9.17) is 19.3 Å². The molecule has 1 atom stereocenters. The highest BCUT2D eigenvalue weighted by Crippen LogP contribution is 2.38. The van der Waals surface area contributed by atoms with Crippen LogP contribution >= 0.6 is 0 Å². The van der Waals surface area contributed by atoms with Crippen LogP contribution in [-0.4, -0.2) is 98.7 Å². The van der Waals surface area contributed by atoms with Crippen molar-refractivity contribution in [2.75, 3.05) is 51.8 Å². The predicted octanol–water partition coefficient (Wildman–Crippen LogP) is 1.92. The van der Waals surface area contributed by atoms with Gasteiger partial charge in [0.2, 0.25) is 0 Å². The van der Waals surface area contributed by atoms with Crippen molar-refractivity contribution in [2.24, 2.45) is 0 Å². The average molecular weight is 584 g/mol. The highest BCUT2D eigenvalue weighted by atomic mass is 16.5. The van der Waals surface area contributed by atoms with Crippen LogP contribution in [0.2, 0.25) is 0 Å². The van der Waals surface area contributed by atoms with Crippen molar-refractivity contribution in [3.8, 4) is 28.4 Å². The molecule has 7 rings (SSSR count). The number of fused-ring (bicyclic) bond motifs is 3. The van der Waals surface area contributed by atoms with Gasteiger partial charge in [0.15, 0.2) is 11.3 Å². The summed E-state index contributed by atoms with van der Waals surface area (Å²) in [5.41, 5.74) is 4.27. The Hall–Kier alpha value is -5.24. The van der Waals surface area contributed by atoms with E-state index in [1.807, 2.05) is 36.2 Å². The molecule has 14 nitrogen and oxygen atoms in total. The number of hydrogen-bond donors (Lipinski definition) is 2. The number of morpholine rings is 1. The first-order chi connectivity index (χ1) is 21.0. The number of cyclic esters (lactones) is 1. The summed E-state index contributed by atoms with van der Waals surface area (Å²) < 4.78 is 20.2. The Morgan fingerprint density at radius 1 is 1.23 bits per heavy atom. The Morgan fingerprint density at radius 3 is 3.00 bits per heavy atom. The number of amides is 1. The van der Waals surface area contributed by atoms with Crippen LogP contribution in [0, 0.1) is 0 Å².